The fraction of sp³-hybridized carbons (Fsp3) is 0.480. The Labute approximate surface area is 188 Å². The number of aromatic nitrogens is 3. The molecule has 2 aliphatic rings. The van der Waals surface area contributed by atoms with E-state index in [1.165, 1.54) is 19.3 Å². The van der Waals surface area contributed by atoms with Crippen LogP contribution in [0.3, 0.4) is 0 Å². The minimum Gasteiger partial charge on any atom is -0.486 e. The molecule has 168 valence electrons. The molecule has 3 heterocycles. The lowest BCUT2D eigenvalue weighted by molar-refractivity contribution is 0.0698. The van der Waals surface area contributed by atoms with Gasteiger partial charge in [-0.25, -0.2) is 9.67 Å². The molecule has 2 aromatic heterocycles. The van der Waals surface area contributed by atoms with Crippen LogP contribution in [0.2, 0.25) is 0 Å². The van der Waals surface area contributed by atoms with Crippen molar-refractivity contribution in [2.45, 2.75) is 58.0 Å². The lowest BCUT2D eigenvalue weighted by Crippen LogP contribution is -2.38. The summed E-state index contributed by atoms with van der Waals surface area (Å²) in [6.07, 6.45) is 7.53. The van der Waals surface area contributed by atoms with E-state index in [4.69, 9.17) is 14.5 Å². The third-order valence-electron chi connectivity index (χ3n) is 6.57. The lowest BCUT2D eigenvalue weighted by Gasteiger charge is -2.31. The van der Waals surface area contributed by atoms with E-state index in [2.05, 4.69) is 18.9 Å². The fourth-order valence-electron chi connectivity index (χ4n) is 4.75. The van der Waals surface area contributed by atoms with Gasteiger partial charge in [-0.05, 0) is 51.0 Å². The van der Waals surface area contributed by atoms with Crippen molar-refractivity contribution in [3.63, 3.8) is 0 Å². The van der Waals surface area contributed by atoms with Gasteiger partial charge in [0.2, 0.25) is 0 Å². The normalized spacial score (nSPS) is 16.5. The molecule has 1 aromatic carbocycles. The largest absolute Gasteiger partial charge is 0.486 e. The zero-order chi connectivity index (χ0) is 22.2. The van der Waals surface area contributed by atoms with Gasteiger partial charge in [0.15, 0.2) is 17.1 Å². The van der Waals surface area contributed by atoms with E-state index in [1.54, 1.807) is 6.20 Å². The van der Waals surface area contributed by atoms with Crippen molar-refractivity contribution >= 4 is 16.9 Å². The smallest absolute Gasteiger partial charge is 0.254 e. The molecule has 0 radical (unpaired) electrons. The molecule has 0 N–H and O–H groups in total. The highest BCUT2D eigenvalue weighted by Gasteiger charge is 2.26. The van der Waals surface area contributed by atoms with Gasteiger partial charge in [0.1, 0.15) is 13.2 Å². The molecule has 5 rings (SSSR count). The van der Waals surface area contributed by atoms with Crippen LogP contribution < -0.4 is 9.47 Å². The minimum absolute atomic E-state index is 0.0337. The second-order valence-corrected chi connectivity index (χ2v) is 9.04. The van der Waals surface area contributed by atoms with Crippen LogP contribution in [0, 0.1) is 0 Å². The Kier molecular flexibility index (Phi) is 5.49. The second-order valence-electron chi connectivity index (χ2n) is 9.04. The zero-order valence-electron chi connectivity index (χ0n) is 19.0. The van der Waals surface area contributed by atoms with E-state index in [-0.39, 0.29) is 18.0 Å². The Morgan fingerprint density at radius 3 is 2.59 bits per heavy atom. The van der Waals surface area contributed by atoms with E-state index in [0.717, 1.165) is 40.9 Å². The monoisotopic (exact) mass is 434 g/mol. The van der Waals surface area contributed by atoms with Gasteiger partial charge in [0.25, 0.3) is 5.91 Å². The number of fused-ring (bicyclic) bond motifs is 2. The molecular weight excluding hydrogens is 404 g/mol. The Balaban J connectivity index is 1.61. The van der Waals surface area contributed by atoms with Crippen LogP contribution in [0.15, 0.2) is 30.5 Å². The first-order valence-corrected chi connectivity index (χ1v) is 11.6. The Morgan fingerprint density at radius 2 is 1.84 bits per heavy atom. The van der Waals surface area contributed by atoms with Crippen molar-refractivity contribution < 1.29 is 14.3 Å². The van der Waals surface area contributed by atoms with Crippen LogP contribution in [0.25, 0.3) is 22.3 Å². The molecule has 1 amide bonds. The number of rotatable bonds is 4. The summed E-state index contributed by atoms with van der Waals surface area (Å²) in [5, 5.41) is 5.35. The molecule has 0 spiro atoms. The minimum atomic E-state index is 0.0337. The summed E-state index contributed by atoms with van der Waals surface area (Å²) in [4.78, 5) is 20.5. The maximum absolute atomic E-state index is 13.7. The third kappa shape index (κ3) is 3.70. The van der Waals surface area contributed by atoms with E-state index in [1.807, 2.05) is 40.9 Å². The molecule has 32 heavy (non-hydrogen) atoms. The molecular formula is C25H30N4O3. The summed E-state index contributed by atoms with van der Waals surface area (Å²) < 4.78 is 13.3. The number of nitrogens with zero attached hydrogens (tertiary/aromatic N) is 4. The van der Waals surface area contributed by atoms with Crippen molar-refractivity contribution in [1.82, 2.24) is 19.7 Å². The summed E-state index contributed by atoms with van der Waals surface area (Å²) in [5.41, 5.74) is 3.01. The Bertz CT molecular complexity index is 1150. The number of benzene rings is 1. The molecule has 0 unspecified atom stereocenters. The number of amides is 1. The highest BCUT2D eigenvalue weighted by molar-refractivity contribution is 6.06. The van der Waals surface area contributed by atoms with Crippen LogP contribution in [-0.4, -0.2) is 51.9 Å². The predicted octanol–water partition coefficient (Wildman–Crippen LogP) is 4.86. The van der Waals surface area contributed by atoms with E-state index >= 15 is 0 Å². The van der Waals surface area contributed by atoms with Crippen molar-refractivity contribution in [3.05, 3.63) is 36.0 Å². The van der Waals surface area contributed by atoms with Gasteiger partial charge in [-0.1, -0.05) is 19.3 Å². The van der Waals surface area contributed by atoms with Gasteiger partial charge in [0, 0.05) is 24.7 Å². The van der Waals surface area contributed by atoms with Crippen molar-refractivity contribution in [1.29, 1.82) is 0 Å². The molecule has 1 fully saturated rings. The molecule has 0 atom stereocenters. The first-order valence-electron chi connectivity index (χ1n) is 11.6. The molecule has 1 aliphatic carbocycles. The zero-order valence-corrected chi connectivity index (χ0v) is 19.0. The van der Waals surface area contributed by atoms with Crippen molar-refractivity contribution in [2.75, 3.05) is 20.3 Å². The van der Waals surface area contributed by atoms with E-state index < -0.39 is 0 Å². The van der Waals surface area contributed by atoms with Crippen LogP contribution in [0.4, 0.5) is 0 Å². The first-order chi connectivity index (χ1) is 15.5. The third-order valence-corrected chi connectivity index (χ3v) is 6.57. The number of carbonyl (C=O) groups excluding carboxylic acids is 1. The molecule has 0 saturated heterocycles. The predicted molar refractivity (Wildman–Crippen MR) is 123 cm³/mol. The summed E-state index contributed by atoms with van der Waals surface area (Å²) in [7, 11) is 1.93. The molecule has 1 aliphatic heterocycles. The number of hydrogen-bond acceptors (Lipinski definition) is 5. The van der Waals surface area contributed by atoms with E-state index in [9.17, 15) is 4.79 Å². The van der Waals surface area contributed by atoms with E-state index in [0.29, 0.717) is 24.5 Å². The van der Waals surface area contributed by atoms with Crippen molar-refractivity contribution in [3.8, 4) is 22.8 Å². The SMILES string of the molecule is CC(C)n1ncc2c(C(=O)N(C)C3CCCCC3)cc(-c3ccc4c(c3)OCCO4)nc21. The summed E-state index contributed by atoms with van der Waals surface area (Å²) in [6.45, 7) is 5.22. The number of pyridine rings is 1. The Hall–Kier alpha value is -3.09. The first kappa shape index (κ1) is 20.8. The standard InChI is InChI=1S/C25H30N4O3/c1-16(2)29-24-20(15-26-29)19(25(30)28(3)18-7-5-4-6-8-18)14-21(27-24)17-9-10-22-23(13-17)32-12-11-31-22/h9-10,13-16,18H,4-8,11-12H2,1-3H3. The topological polar surface area (TPSA) is 69.5 Å². The van der Waals surface area contributed by atoms with Gasteiger partial charge in [0.05, 0.1) is 22.8 Å². The van der Waals surface area contributed by atoms with Gasteiger partial charge < -0.3 is 14.4 Å². The second kappa shape index (κ2) is 8.45. The molecule has 0 bridgehead atoms. The molecule has 3 aromatic rings. The maximum atomic E-state index is 13.7. The number of ether oxygens (including phenoxy) is 2. The van der Waals surface area contributed by atoms with Gasteiger partial charge >= 0.3 is 0 Å². The lowest BCUT2D eigenvalue weighted by atomic mass is 9.94. The quantitative estimate of drug-likeness (QED) is 0.587. The average Bonchev–Trinajstić information content (AvgIpc) is 3.27. The molecule has 1 saturated carbocycles. The summed E-state index contributed by atoms with van der Waals surface area (Å²) >= 11 is 0. The van der Waals surface area contributed by atoms with Gasteiger partial charge in [-0.2, -0.15) is 5.10 Å². The maximum Gasteiger partial charge on any atom is 0.254 e. The van der Waals surface area contributed by atoms with Gasteiger partial charge in [-0.15, -0.1) is 0 Å². The van der Waals surface area contributed by atoms with Crippen LogP contribution in [-0.2, 0) is 0 Å². The summed E-state index contributed by atoms with van der Waals surface area (Å²) in [6, 6.07) is 8.15. The highest BCUT2D eigenvalue weighted by Crippen LogP contribution is 2.35. The number of hydrogen-bond donors (Lipinski definition) is 0. The van der Waals surface area contributed by atoms with Crippen LogP contribution in [0.5, 0.6) is 11.5 Å². The van der Waals surface area contributed by atoms with Crippen LogP contribution in [0.1, 0.15) is 62.4 Å². The molecule has 7 nitrogen and oxygen atoms in total. The van der Waals surface area contributed by atoms with Gasteiger partial charge in [-0.3, -0.25) is 4.79 Å². The number of carbonyl (C=O) groups is 1. The highest BCUT2D eigenvalue weighted by atomic mass is 16.6. The average molecular weight is 435 g/mol. The summed E-state index contributed by atoms with van der Waals surface area (Å²) in [5.74, 6) is 1.48. The fourth-order valence-corrected chi connectivity index (χ4v) is 4.75. The Morgan fingerprint density at radius 1 is 1.09 bits per heavy atom. The molecule has 7 heteroatoms. The van der Waals surface area contributed by atoms with Crippen LogP contribution >= 0.6 is 0 Å². The van der Waals surface area contributed by atoms with Crippen molar-refractivity contribution in [2.24, 2.45) is 0 Å².